The smallest absolute Gasteiger partial charge is 0.251 e. The molecule has 1 aromatic rings. The van der Waals surface area contributed by atoms with E-state index in [0.29, 0.717) is 19.0 Å². The first kappa shape index (κ1) is 20.3. The van der Waals surface area contributed by atoms with E-state index in [1.54, 1.807) is 0 Å². The molecule has 2 atom stereocenters. The molecule has 1 heterocycles. The quantitative estimate of drug-likeness (QED) is 0.671. The molecule has 0 saturated carbocycles. The van der Waals surface area contributed by atoms with Crippen LogP contribution in [-0.2, 0) is 14.8 Å². The number of nitrogens with zero attached hydrogens (tertiary/aromatic N) is 1. The second-order valence-corrected chi connectivity index (χ2v) is 8.56. The Morgan fingerprint density at radius 3 is 2.23 bits per heavy atom. The third kappa shape index (κ3) is 4.60. The van der Waals surface area contributed by atoms with Gasteiger partial charge in [-0.3, -0.25) is 4.79 Å². The van der Waals surface area contributed by atoms with Crippen LogP contribution in [-0.4, -0.2) is 54.9 Å². The summed E-state index contributed by atoms with van der Waals surface area (Å²) in [5, 5.41) is 22.4. The van der Waals surface area contributed by atoms with Gasteiger partial charge in [0, 0.05) is 18.7 Å². The molecule has 1 aromatic carbocycles. The largest absolute Gasteiger partial charge is 0.548 e. The van der Waals surface area contributed by atoms with Crippen LogP contribution < -0.4 is 10.4 Å². The fraction of sp³-hybridized carbons (Fsp3) is 0.529. The first-order valence-electron chi connectivity index (χ1n) is 8.43. The van der Waals surface area contributed by atoms with Crippen LogP contribution in [0.1, 0.15) is 37.0 Å². The molecule has 1 saturated heterocycles. The van der Waals surface area contributed by atoms with Gasteiger partial charge in [-0.2, -0.15) is 4.31 Å². The number of amides is 1. The third-order valence-corrected chi connectivity index (χ3v) is 6.43. The number of piperidine rings is 1. The summed E-state index contributed by atoms with van der Waals surface area (Å²) in [6, 6.07) is 3.70. The van der Waals surface area contributed by atoms with Gasteiger partial charge < -0.3 is 20.3 Å². The molecule has 1 amide bonds. The molecule has 26 heavy (non-hydrogen) atoms. The number of carbonyl (C=O) groups excluding carboxylic acids is 2. The van der Waals surface area contributed by atoms with Gasteiger partial charge >= 0.3 is 0 Å². The molecule has 2 rings (SSSR count). The number of aliphatic hydroxyl groups is 1. The van der Waals surface area contributed by atoms with Crippen molar-refractivity contribution in [3.63, 3.8) is 0 Å². The van der Waals surface area contributed by atoms with E-state index in [9.17, 15) is 28.2 Å². The molecule has 0 spiro atoms. The van der Waals surface area contributed by atoms with E-state index in [0.717, 1.165) is 12.8 Å². The maximum absolute atomic E-state index is 12.6. The number of rotatable bonds is 6. The molecule has 0 unspecified atom stereocenters. The van der Waals surface area contributed by atoms with Gasteiger partial charge in [-0.05, 0) is 49.9 Å². The van der Waals surface area contributed by atoms with Crippen molar-refractivity contribution in [3.05, 3.63) is 29.8 Å². The lowest BCUT2D eigenvalue weighted by molar-refractivity contribution is -0.310. The highest BCUT2D eigenvalue weighted by atomic mass is 32.2. The zero-order chi connectivity index (χ0) is 19.5. The lowest BCUT2D eigenvalue weighted by Gasteiger charge is -2.29. The van der Waals surface area contributed by atoms with Crippen molar-refractivity contribution >= 4 is 21.9 Å². The number of aliphatic hydroxyl groups excluding tert-OH is 1. The molecule has 1 aliphatic heterocycles. The zero-order valence-electron chi connectivity index (χ0n) is 14.7. The highest BCUT2D eigenvalue weighted by molar-refractivity contribution is 7.89. The number of aliphatic carboxylic acids is 1. The van der Waals surface area contributed by atoms with E-state index < -0.39 is 34.0 Å². The number of hydrogen-bond donors (Lipinski definition) is 2. The number of carboxylic acid groups (broad SMARTS) is 1. The number of carbonyl (C=O) groups is 2. The second-order valence-electron chi connectivity index (χ2n) is 6.62. The fourth-order valence-corrected chi connectivity index (χ4v) is 4.22. The highest BCUT2D eigenvalue weighted by Gasteiger charge is 2.28. The van der Waals surface area contributed by atoms with Crippen LogP contribution in [0.15, 0.2) is 29.2 Å². The average Bonchev–Trinajstić information content (AvgIpc) is 2.59. The Kier molecular flexibility index (Phi) is 6.38. The minimum atomic E-state index is -3.62. The minimum Gasteiger partial charge on any atom is -0.548 e. The minimum absolute atomic E-state index is 0.0792. The molecule has 0 bridgehead atoms. The van der Waals surface area contributed by atoms with E-state index in [4.69, 9.17) is 0 Å². The van der Waals surface area contributed by atoms with Crippen molar-refractivity contribution in [1.29, 1.82) is 0 Å². The van der Waals surface area contributed by atoms with E-state index in [1.807, 2.05) is 0 Å². The first-order chi connectivity index (χ1) is 12.1. The number of nitrogens with one attached hydrogen (secondary N) is 1. The molecule has 2 N–H and O–H groups in total. The zero-order valence-corrected chi connectivity index (χ0v) is 15.5. The van der Waals surface area contributed by atoms with Gasteiger partial charge in [0.1, 0.15) is 0 Å². The Balaban J connectivity index is 2.12. The summed E-state index contributed by atoms with van der Waals surface area (Å²) in [5.41, 5.74) is 0.0862. The van der Waals surface area contributed by atoms with E-state index in [2.05, 4.69) is 12.2 Å². The molecule has 1 fully saturated rings. The molecule has 1 aliphatic rings. The lowest BCUT2D eigenvalue weighted by Crippen LogP contribution is -2.53. The number of carboxylic acids is 1. The van der Waals surface area contributed by atoms with Crippen LogP contribution in [0, 0.1) is 5.92 Å². The Labute approximate surface area is 152 Å². The molecule has 0 aromatic heterocycles. The predicted molar refractivity (Wildman–Crippen MR) is 91.5 cm³/mol. The summed E-state index contributed by atoms with van der Waals surface area (Å²) in [6.07, 6.45) is 0.290. The fourth-order valence-electron chi connectivity index (χ4n) is 2.75. The predicted octanol–water partition coefficient (Wildman–Crippen LogP) is -0.664. The van der Waals surface area contributed by atoms with Gasteiger partial charge in [-0.1, -0.05) is 6.92 Å². The van der Waals surface area contributed by atoms with Gasteiger partial charge in [0.2, 0.25) is 10.0 Å². The van der Waals surface area contributed by atoms with Crippen LogP contribution >= 0.6 is 0 Å². The summed E-state index contributed by atoms with van der Waals surface area (Å²) in [6.45, 7) is 4.24. The monoisotopic (exact) mass is 383 g/mol. The van der Waals surface area contributed by atoms with Crippen LogP contribution in [0.2, 0.25) is 0 Å². The summed E-state index contributed by atoms with van der Waals surface area (Å²) < 4.78 is 26.7. The summed E-state index contributed by atoms with van der Waals surface area (Å²) >= 11 is 0. The van der Waals surface area contributed by atoms with Gasteiger partial charge in [-0.15, -0.1) is 0 Å². The Bertz CT molecular complexity index is 752. The van der Waals surface area contributed by atoms with Crippen LogP contribution in [0.3, 0.4) is 0 Å². The Morgan fingerprint density at radius 2 is 1.77 bits per heavy atom. The van der Waals surface area contributed by atoms with E-state index >= 15 is 0 Å². The van der Waals surface area contributed by atoms with E-state index in [-0.39, 0.29) is 10.5 Å². The summed E-state index contributed by atoms with van der Waals surface area (Å²) in [5.74, 6) is -1.85. The molecule has 8 nitrogen and oxygen atoms in total. The van der Waals surface area contributed by atoms with E-state index in [1.165, 1.54) is 35.5 Å². The molecule has 9 heteroatoms. The summed E-state index contributed by atoms with van der Waals surface area (Å²) in [4.78, 5) is 23.1. The van der Waals surface area contributed by atoms with Crippen molar-refractivity contribution < 1.29 is 28.2 Å². The Hall–Kier alpha value is -1.97. The van der Waals surface area contributed by atoms with Crippen molar-refractivity contribution in [1.82, 2.24) is 9.62 Å². The molecule has 0 radical (unpaired) electrons. The molecular weight excluding hydrogens is 360 g/mol. The van der Waals surface area contributed by atoms with Crippen LogP contribution in [0.25, 0.3) is 0 Å². The average molecular weight is 383 g/mol. The van der Waals surface area contributed by atoms with Gasteiger partial charge in [0.05, 0.1) is 23.0 Å². The first-order valence-corrected chi connectivity index (χ1v) is 9.87. The summed E-state index contributed by atoms with van der Waals surface area (Å²) in [7, 11) is -3.62. The number of hydrogen-bond acceptors (Lipinski definition) is 6. The van der Waals surface area contributed by atoms with Gasteiger partial charge in [0.25, 0.3) is 5.91 Å². The topological polar surface area (TPSA) is 127 Å². The second kappa shape index (κ2) is 8.15. The van der Waals surface area contributed by atoms with Crippen LogP contribution in [0.4, 0.5) is 0 Å². The van der Waals surface area contributed by atoms with Gasteiger partial charge in [0.15, 0.2) is 0 Å². The van der Waals surface area contributed by atoms with Crippen molar-refractivity contribution in [2.24, 2.45) is 5.92 Å². The molecular formula is C17H23N2O6S-. The Morgan fingerprint density at radius 1 is 1.23 bits per heavy atom. The maximum Gasteiger partial charge on any atom is 0.251 e. The number of benzene rings is 1. The van der Waals surface area contributed by atoms with Crippen molar-refractivity contribution in [2.45, 2.75) is 43.7 Å². The van der Waals surface area contributed by atoms with Gasteiger partial charge in [-0.25, -0.2) is 8.42 Å². The number of sulfonamides is 1. The molecule has 0 aliphatic carbocycles. The lowest BCUT2D eigenvalue weighted by atomic mass is 10.0. The van der Waals surface area contributed by atoms with Crippen molar-refractivity contribution in [3.8, 4) is 0 Å². The highest BCUT2D eigenvalue weighted by Crippen LogP contribution is 2.23. The normalized spacial score (nSPS) is 18.9. The molecule has 144 valence electrons. The van der Waals surface area contributed by atoms with Crippen LogP contribution in [0.5, 0.6) is 0 Å². The van der Waals surface area contributed by atoms with Crippen molar-refractivity contribution in [2.75, 3.05) is 13.1 Å². The maximum atomic E-state index is 12.6. The standard InChI is InChI=1S/C17H24N2O6S/c1-11-7-9-19(10-8-11)26(24,25)14-5-3-13(4-6-14)16(21)18-15(12(2)20)17(22)23/h3-6,11-12,15,20H,7-10H2,1-2H3,(H,18,21)(H,22,23)/p-1/t12-,15-/m0/s1. The third-order valence-electron chi connectivity index (χ3n) is 4.52. The SMILES string of the molecule is CC1CCN(S(=O)(=O)c2ccc(C(=O)N[C@H](C(=O)[O-])[C@H](C)O)cc2)CC1.